The molecule has 14 heavy (non-hydrogen) atoms. The molecule has 0 spiro atoms. The first-order valence-electron chi connectivity index (χ1n) is 3.99. The highest BCUT2D eigenvalue weighted by Crippen LogP contribution is 2.22. The number of halogens is 1. The minimum absolute atomic E-state index is 0.00231. The van der Waals surface area contributed by atoms with Crippen molar-refractivity contribution in [2.75, 3.05) is 5.73 Å². The number of benzene rings is 1. The molecule has 0 heterocycles. The molecule has 0 aliphatic carbocycles. The van der Waals surface area contributed by atoms with Crippen LogP contribution in [-0.2, 0) is 10.0 Å². The summed E-state index contributed by atoms with van der Waals surface area (Å²) in [5, 5.41) is 4.91. The van der Waals surface area contributed by atoms with Gasteiger partial charge in [0.2, 0.25) is 10.0 Å². The van der Waals surface area contributed by atoms with Crippen molar-refractivity contribution < 1.29 is 8.42 Å². The van der Waals surface area contributed by atoms with Crippen LogP contribution in [0.5, 0.6) is 0 Å². The standard InChI is InChI=1S/C6H7BrN2O2S.C2H6/c7-5-2-1-4(8)3-6(5)12(9,10)11;1-2/h1-3H,8H2,(H2,9,10,11);1-2H3. The van der Waals surface area contributed by atoms with Crippen LogP contribution < -0.4 is 10.9 Å². The van der Waals surface area contributed by atoms with Gasteiger partial charge in [-0.25, -0.2) is 13.6 Å². The first-order chi connectivity index (χ1) is 6.41. The SMILES string of the molecule is CC.Nc1ccc(Br)c(S(N)(=O)=O)c1. The Morgan fingerprint density at radius 2 is 1.79 bits per heavy atom. The van der Waals surface area contributed by atoms with Crippen molar-refractivity contribution in [3.8, 4) is 0 Å². The Morgan fingerprint density at radius 3 is 2.14 bits per heavy atom. The molecule has 6 heteroatoms. The van der Waals surface area contributed by atoms with E-state index in [1.807, 2.05) is 13.8 Å². The van der Waals surface area contributed by atoms with Crippen LogP contribution in [-0.4, -0.2) is 8.42 Å². The van der Waals surface area contributed by atoms with Gasteiger partial charge in [0.15, 0.2) is 0 Å². The summed E-state index contributed by atoms with van der Waals surface area (Å²) in [5.41, 5.74) is 5.75. The fourth-order valence-electron chi connectivity index (χ4n) is 0.738. The zero-order valence-corrected chi connectivity index (χ0v) is 10.4. The maximum Gasteiger partial charge on any atom is 0.239 e. The minimum Gasteiger partial charge on any atom is -0.399 e. The third-order valence-electron chi connectivity index (χ3n) is 1.26. The lowest BCUT2D eigenvalue weighted by atomic mass is 10.3. The second-order valence-electron chi connectivity index (χ2n) is 2.23. The van der Waals surface area contributed by atoms with E-state index in [0.717, 1.165) is 0 Å². The molecule has 0 fully saturated rings. The summed E-state index contributed by atoms with van der Waals surface area (Å²) in [6.07, 6.45) is 0. The van der Waals surface area contributed by atoms with Gasteiger partial charge in [0.1, 0.15) is 0 Å². The molecule has 1 rings (SSSR count). The Hall–Kier alpha value is -0.590. The monoisotopic (exact) mass is 280 g/mol. The quantitative estimate of drug-likeness (QED) is 0.768. The summed E-state index contributed by atoms with van der Waals surface area (Å²) in [6.45, 7) is 4.00. The Labute approximate surface area is 92.5 Å². The Morgan fingerprint density at radius 1 is 1.29 bits per heavy atom. The fourth-order valence-corrected chi connectivity index (χ4v) is 2.30. The van der Waals surface area contributed by atoms with Crippen LogP contribution in [0.4, 0.5) is 5.69 Å². The minimum atomic E-state index is -3.68. The van der Waals surface area contributed by atoms with Gasteiger partial charge in [-0.3, -0.25) is 0 Å². The Balaban J connectivity index is 0.000000791. The van der Waals surface area contributed by atoms with Crippen LogP contribution in [0, 0.1) is 0 Å². The summed E-state index contributed by atoms with van der Waals surface area (Å²) in [7, 11) is -3.68. The van der Waals surface area contributed by atoms with E-state index in [0.29, 0.717) is 10.2 Å². The molecule has 0 bridgehead atoms. The Bertz CT molecular complexity index is 404. The molecule has 0 radical (unpaired) electrons. The van der Waals surface area contributed by atoms with E-state index in [2.05, 4.69) is 15.9 Å². The van der Waals surface area contributed by atoms with Crippen molar-refractivity contribution in [2.45, 2.75) is 18.7 Å². The lowest BCUT2D eigenvalue weighted by molar-refractivity contribution is 0.597. The number of rotatable bonds is 1. The number of sulfonamides is 1. The van der Waals surface area contributed by atoms with Gasteiger partial charge in [-0.2, -0.15) is 0 Å². The molecule has 1 aromatic carbocycles. The average molecular weight is 281 g/mol. The predicted octanol–water partition coefficient (Wildman–Crippen LogP) is 1.70. The molecular weight excluding hydrogens is 268 g/mol. The first-order valence-corrected chi connectivity index (χ1v) is 6.33. The molecular formula is C8H13BrN2O2S. The second-order valence-corrected chi connectivity index (χ2v) is 4.62. The highest BCUT2D eigenvalue weighted by molar-refractivity contribution is 9.10. The molecule has 0 amide bonds. The number of hydrogen-bond donors (Lipinski definition) is 2. The van der Waals surface area contributed by atoms with E-state index in [-0.39, 0.29) is 4.90 Å². The van der Waals surface area contributed by atoms with Gasteiger partial charge >= 0.3 is 0 Å². The number of anilines is 1. The molecule has 4 nitrogen and oxygen atoms in total. The van der Waals surface area contributed by atoms with Crippen LogP contribution in [0.3, 0.4) is 0 Å². The third kappa shape index (κ3) is 3.65. The molecule has 0 aliphatic heterocycles. The molecule has 0 atom stereocenters. The summed E-state index contributed by atoms with van der Waals surface area (Å²) in [5.74, 6) is 0. The van der Waals surface area contributed by atoms with Crippen molar-refractivity contribution >= 4 is 31.6 Å². The van der Waals surface area contributed by atoms with Crippen molar-refractivity contribution in [2.24, 2.45) is 5.14 Å². The lowest BCUT2D eigenvalue weighted by Crippen LogP contribution is -2.13. The van der Waals surface area contributed by atoms with Gasteiger partial charge in [-0.05, 0) is 34.1 Å². The summed E-state index contributed by atoms with van der Waals surface area (Å²) in [4.78, 5) is 0.00231. The number of nitrogen functional groups attached to an aromatic ring is 1. The van der Waals surface area contributed by atoms with E-state index in [4.69, 9.17) is 10.9 Å². The highest BCUT2D eigenvalue weighted by atomic mass is 79.9. The van der Waals surface area contributed by atoms with E-state index in [1.54, 1.807) is 6.07 Å². The van der Waals surface area contributed by atoms with Crippen molar-refractivity contribution in [3.05, 3.63) is 22.7 Å². The van der Waals surface area contributed by atoms with Crippen LogP contribution in [0.2, 0.25) is 0 Å². The largest absolute Gasteiger partial charge is 0.399 e. The van der Waals surface area contributed by atoms with Gasteiger partial charge in [0, 0.05) is 10.2 Å². The molecule has 0 saturated heterocycles. The second kappa shape index (κ2) is 5.33. The Kier molecular flexibility index (Phi) is 5.11. The number of primary sulfonamides is 1. The maximum absolute atomic E-state index is 10.9. The summed E-state index contributed by atoms with van der Waals surface area (Å²) < 4.78 is 22.2. The highest BCUT2D eigenvalue weighted by Gasteiger charge is 2.11. The van der Waals surface area contributed by atoms with E-state index >= 15 is 0 Å². The molecule has 0 unspecified atom stereocenters. The first kappa shape index (κ1) is 13.4. The zero-order valence-electron chi connectivity index (χ0n) is 7.99. The maximum atomic E-state index is 10.9. The predicted molar refractivity (Wildman–Crippen MR) is 61.3 cm³/mol. The fraction of sp³-hybridized carbons (Fsp3) is 0.250. The molecule has 80 valence electrons. The lowest BCUT2D eigenvalue weighted by Gasteiger charge is -2.01. The van der Waals surface area contributed by atoms with Crippen LogP contribution in [0.1, 0.15) is 13.8 Å². The van der Waals surface area contributed by atoms with Gasteiger partial charge in [-0.1, -0.05) is 13.8 Å². The van der Waals surface area contributed by atoms with Crippen LogP contribution >= 0.6 is 15.9 Å². The van der Waals surface area contributed by atoms with E-state index in [1.165, 1.54) is 12.1 Å². The zero-order chi connectivity index (χ0) is 11.4. The van der Waals surface area contributed by atoms with Crippen molar-refractivity contribution in [1.82, 2.24) is 0 Å². The molecule has 4 N–H and O–H groups in total. The van der Waals surface area contributed by atoms with E-state index < -0.39 is 10.0 Å². The molecule has 0 aromatic heterocycles. The van der Waals surface area contributed by atoms with E-state index in [9.17, 15) is 8.42 Å². The number of nitrogens with two attached hydrogens (primary N) is 2. The summed E-state index contributed by atoms with van der Waals surface area (Å²) in [6, 6.07) is 4.42. The van der Waals surface area contributed by atoms with Gasteiger partial charge < -0.3 is 5.73 Å². The number of hydrogen-bond acceptors (Lipinski definition) is 3. The van der Waals surface area contributed by atoms with Crippen molar-refractivity contribution in [1.29, 1.82) is 0 Å². The molecule has 0 aliphatic rings. The van der Waals surface area contributed by atoms with Gasteiger partial charge in [0.05, 0.1) is 4.90 Å². The summed E-state index contributed by atoms with van der Waals surface area (Å²) >= 11 is 3.05. The van der Waals surface area contributed by atoms with Crippen molar-refractivity contribution in [3.63, 3.8) is 0 Å². The average Bonchev–Trinajstić information content (AvgIpc) is 2.11. The smallest absolute Gasteiger partial charge is 0.239 e. The van der Waals surface area contributed by atoms with Crippen LogP contribution in [0.15, 0.2) is 27.6 Å². The van der Waals surface area contributed by atoms with Gasteiger partial charge in [-0.15, -0.1) is 0 Å². The molecule has 1 aromatic rings. The third-order valence-corrected chi connectivity index (χ3v) is 3.17. The topological polar surface area (TPSA) is 86.2 Å². The van der Waals surface area contributed by atoms with Gasteiger partial charge in [0.25, 0.3) is 0 Å². The van der Waals surface area contributed by atoms with Crippen LogP contribution in [0.25, 0.3) is 0 Å². The normalized spacial score (nSPS) is 10.3. The molecule has 0 saturated carbocycles.